The minimum Gasteiger partial charge on any atom is -0.0654 e. The van der Waals surface area contributed by atoms with E-state index in [0.29, 0.717) is 0 Å². The second-order valence-electron chi connectivity index (χ2n) is 11.2. The molecular weight excluding hydrogens is 384 g/mol. The summed E-state index contributed by atoms with van der Waals surface area (Å²) in [6.45, 7) is 7.07. The van der Waals surface area contributed by atoms with Gasteiger partial charge in [-0.25, -0.2) is 0 Å². The Morgan fingerprint density at radius 1 is 0.281 bits per heavy atom. The van der Waals surface area contributed by atoms with Crippen molar-refractivity contribution in [1.29, 1.82) is 0 Å². The van der Waals surface area contributed by atoms with E-state index in [1.807, 2.05) is 0 Å². The van der Waals surface area contributed by atoms with Gasteiger partial charge in [-0.2, -0.15) is 0 Å². The van der Waals surface area contributed by atoms with Crippen LogP contribution in [0.15, 0.2) is 0 Å². The summed E-state index contributed by atoms with van der Waals surface area (Å²) in [5.41, 5.74) is 0. The maximum Gasteiger partial charge on any atom is -0.0443 e. The van der Waals surface area contributed by atoms with E-state index in [0.717, 1.165) is 5.92 Å². The lowest BCUT2D eigenvalue weighted by Gasteiger charge is -2.10. The fourth-order valence-corrected chi connectivity index (χ4v) is 5.15. The minimum absolute atomic E-state index is 0.967. The van der Waals surface area contributed by atoms with Crippen molar-refractivity contribution in [1.82, 2.24) is 0 Å². The topological polar surface area (TPSA) is 0 Å². The molecule has 1 atom stereocenters. The summed E-state index contributed by atoms with van der Waals surface area (Å²) in [5, 5.41) is 0. The van der Waals surface area contributed by atoms with Gasteiger partial charge in [-0.3, -0.25) is 0 Å². The molecule has 194 valence electrons. The monoisotopic (exact) mass is 451 g/mol. The number of hydrogen-bond donors (Lipinski definition) is 0. The Morgan fingerprint density at radius 3 is 0.781 bits per heavy atom. The molecule has 0 aromatic heterocycles. The van der Waals surface area contributed by atoms with Crippen molar-refractivity contribution in [2.75, 3.05) is 0 Å². The third-order valence-corrected chi connectivity index (χ3v) is 7.60. The highest BCUT2D eigenvalue weighted by atomic mass is 14.1. The lowest BCUT2D eigenvalue weighted by molar-refractivity contribution is 0.440. The van der Waals surface area contributed by atoms with E-state index in [1.54, 1.807) is 0 Å². The molecule has 0 aromatic carbocycles. The Bertz CT molecular complexity index is 307. The van der Waals surface area contributed by atoms with Gasteiger partial charge < -0.3 is 0 Å². The quantitative estimate of drug-likeness (QED) is 0.104. The molecule has 0 aliphatic heterocycles. The zero-order valence-corrected chi connectivity index (χ0v) is 23.4. The molecule has 0 amide bonds. The molecule has 0 radical (unpaired) electrons. The van der Waals surface area contributed by atoms with Gasteiger partial charge in [-0.1, -0.05) is 201 Å². The van der Waals surface area contributed by atoms with Crippen molar-refractivity contribution < 1.29 is 0 Å². The summed E-state index contributed by atoms with van der Waals surface area (Å²) in [7, 11) is 0. The largest absolute Gasteiger partial charge is 0.0654 e. The third kappa shape index (κ3) is 28.0. The van der Waals surface area contributed by atoms with Crippen LogP contribution in [0.2, 0.25) is 0 Å². The average molecular weight is 451 g/mol. The summed E-state index contributed by atoms with van der Waals surface area (Å²) in [6.07, 6.45) is 41.3. The number of hydrogen-bond acceptors (Lipinski definition) is 0. The molecule has 0 bridgehead atoms. The molecule has 0 aliphatic rings. The first-order chi connectivity index (χ1) is 15.8. The molecule has 0 saturated heterocycles. The zero-order chi connectivity index (χ0) is 23.4. The molecule has 1 unspecified atom stereocenters. The van der Waals surface area contributed by atoms with Crippen molar-refractivity contribution in [3.05, 3.63) is 0 Å². The summed E-state index contributed by atoms with van der Waals surface area (Å²) < 4.78 is 0. The Morgan fingerprint density at radius 2 is 0.500 bits per heavy atom. The van der Waals surface area contributed by atoms with E-state index in [1.165, 1.54) is 180 Å². The van der Waals surface area contributed by atoms with E-state index in [9.17, 15) is 0 Å². The van der Waals surface area contributed by atoms with Gasteiger partial charge >= 0.3 is 0 Å². The predicted molar refractivity (Wildman–Crippen MR) is 150 cm³/mol. The fourth-order valence-electron chi connectivity index (χ4n) is 5.15. The van der Waals surface area contributed by atoms with Crippen LogP contribution in [-0.2, 0) is 0 Å². The van der Waals surface area contributed by atoms with Gasteiger partial charge in [0, 0.05) is 0 Å². The van der Waals surface area contributed by atoms with Crippen LogP contribution in [-0.4, -0.2) is 0 Å². The van der Waals surface area contributed by atoms with Crippen molar-refractivity contribution >= 4 is 0 Å². The van der Waals surface area contributed by atoms with Crippen molar-refractivity contribution in [2.45, 2.75) is 201 Å². The fraction of sp³-hybridized carbons (Fsp3) is 1.00. The van der Waals surface area contributed by atoms with E-state index >= 15 is 0 Å². The maximum atomic E-state index is 2.45. The molecule has 0 nitrogen and oxygen atoms in total. The molecule has 0 heterocycles. The third-order valence-electron chi connectivity index (χ3n) is 7.60. The first-order valence-corrected chi connectivity index (χ1v) is 15.8. The van der Waals surface area contributed by atoms with Crippen molar-refractivity contribution in [2.24, 2.45) is 5.92 Å². The van der Waals surface area contributed by atoms with Crippen LogP contribution >= 0.6 is 0 Å². The Kier molecular flexibility index (Phi) is 29.0. The van der Waals surface area contributed by atoms with Crippen LogP contribution in [0.4, 0.5) is 0 Å². The highest BCUT2D eigenvalue weighted by Gasteiger charge is 2.01. The van der Waals surface area contributed by atoms with Crippen LogP contribution in [0, 0.1) is 5.92 Å². The van der Waals surface area contributed by atoms with Gasteiger partial charge in [0.1, 0.15) is 0 Å². The highest BCUT2D eigenvalue weighted by molar-refractivity contribution is 4.55. The second-order valence-corrected chi connectivity index (χ2v) is 11.2. The SMILES string of the molecule is CCCCCCCCCCCCCCCCCCCCCCCCCCC(C)CCCC. The van der Waals surface area contributed by atoms with E-state index < -0.39 is 0 Å². The molecule has 0 aromatic rings. The lowest BCUT2D eigenvalue weighted by Crippen LogP contribution is -1.94. The molecule has 0 saturated carbocycles. The number of rotatable bonds is 28. The molecule has 0 heteroatoms. The molecule has 0 fully saturated rings. The summed E-state index contributed by atoms with van der Waals surface area (Å²) in [5.74, 6) is 0.967. The number of unbranched alkanes of at least 4 members (excludes halogenated alkanes) is 24. The molecular formula is C32H66. The van der Waals surface area contributed by atoms with Gasteiger partial charge in [-0.05, 0) is 5.92 Å². The lowest BCUT2D eigenvalue weighted by atomic mass is 9.97. The van der Waals surface area contributed by atoms with Crippen LogP contribution < -0.4 is 0 Å². The van der Waals surface area contributed by atoms with Gasteiger partial charge in [0.25, 0.3) is 0 Å². The van der Waals surface area contributed by atoms with Crippen LogP contribution in [0.3, 0.4) is 0 Å². The predicted octanol–water partition coefficient (Wildman–Crippen LogP) is 12.6. The maximum absolute atomic E-state index is 2.45. The van der Waals surface area contributed by atoms with Gasteiger partial charge in [0.05, 0.1) is 0 Å². The Hall–Kier alpha value is 0. The van der Waals surface area contributed by atoms with Gasteiger partial charge in [0.15, 0.2) is 0 Å². The second kappa shape index (κ2) is 29.0. The van der Waals surface area contributed by atoms with Gasteiger partial charge in [0.2, 0.25) is 0 Å². The van der Waals surface area contributed by atoms with E-state index in [2.05, 4.69) is 20.8 Å². The molecule has 0 rings (SSSR count). The zero-order valence-electron chi connectivity index (χ0n) is 23.4. The Balaban J connectivity index is 3.04. The standard InChI is InChI=1S/C32H66/c1-4-6-8-9-10-11-12-13-14-15-16-17-18-19-20-21-22-23-24-25-26-27-28-29-31-32(3)30-7-5-2/h32H,4-31H2,1-3H3. The minimum atomic E-state index is 0.967. The van der Waals surface area contributed by atoms with E-state index in [4.69, 9.17) is 0 Å². The molecule has 32 heavy (non-hydrogen) atoms. The molecule has 0 N–H and O–H groups in total. The van der Waals surface area contributed by atoms with Crippen LogP contribution in [0.5, 0.6) is 0 Å². The van der Waals surface area contributed by atoms with Gasteiger partial charge in [-0.15, -0.1) is 0 Å². The first-order valence-electron chi connectivity index (χ1n) is 15.8. The van der Waals surface area contributed by atoms with Crippen molar-refractivity contribution in [3.8, 4) is 0 Å². The van der Waals surface area contributed by atoms with Crippen LogP contribution in [0.25, 0.3) is 0 Å². The summed E-state index contributed by atoms with van der Waals surface area (Å²) >= 11 is 0. The first kappa shape index (κ1) is 32.0. The molecule has 0 spiro atoms. The van der Waals surface area contributed by atoms with Crippen LogP contribution in [0.1, 0.15) is 201 Å². The van der Waals surface area contributed by atoms with E-state index in [-0.39, 0.29) is 0 Å². The normalized spacial score (nSPS) is 12.5. The summed E-state index contributed by atoms with van der Waals surface area (Å²) in [4.78, 5) is 0. The Labute approximate surface area is 206 Å². The summed E-state index contributed by atoms with van der Waals surface area (Å²) in [6, 6.07) is 0. The van der Waals surface area contributed by atoms with Crippen molar-refractivity contribution in [3.63, 3.8) is 0 Å². The average Bonchev–Trinajstić information content (AvgIpc) is 2.80. The smallest absolute Gasteiger partial charge is 0.0443 e. The highest BCUT2D eigenvalue weighted by Crippen LogP contribution is 2.18. The molecule has 0 aliphatic carbocycles.